The van der Waals surface area contributed by atoms with Crippen molar-refractivity contribution in [2.75, 3.05) is 0 Å². The van der Waals surface area contributed by atoms with E-state index >= 15 is 0 Å². The van der Waals surface area contributed by atoms with E-state index in [1.54, 1.807) is 0 Å². The third-order valence-electron chi connectivity index (χ3n) is 3.15. The topological polar surface area (TPSA) is 48.9 Å². The van der Waals surface area contributed by atoms with E-state index in [1.165, 1.54) is 0 Å². The molecular weight excluding hydrogens is 236 g/mol. The maximum Gasteiger partial charge on any atom is 0.0960 e. The lowest BCUT2D eigenvalue weighted by Gasteiger charge is -2.20. The zero-order valence-corrected chi connectivity index (χ0v) is 11.9. The summed E-state index contributed by atoms with van der Waals surface area (Å²) in [6.07, 6.45) is 3.10. The Morgan fingerprint density at radius 3 is 2.63 bits per heavy atom. The molecule has 2 aromatic heterocycles. The Labute approximate surface area is 114 Å². The van der Waals surface area contributed by atoms with Gasteiger partial charge < -0.3 is 10.1 Å². The van der Waals surface area contributed by atoms with E-state index in [0.29, 0.717) is 0 Å². The molecule has 2 N–H and O–H groups in total. The Morgan fingerprint density at radius 1 is 1.21 bits per heavy atom. The third-order valence-corrected chi connectivity index (χ3v) is 3.15. The lowest BCUT2D eigenvalue weighted by molar-refractivity contribution is 0.143. The fourth-order valence-corrected chi connectivity index (χ4v) is 1.99. The van der Waals surface area contributed by atoms with Crippen LogP contribution in [0.5, 0.6) is 0 Å². The number of rotatable bonds is 4. The molecule has 0 aliphatic heterocycles. The number of aromatic nitrogens is 2. The van der Waals surface area contributed by atoms with Gasteiger partial charge in [0.05, 0.1) is 23.2 Å². The van der Waals surface area contributed by atoms with Gasteiger partial charge in [0.2, 0.25) is 0 Å². The van der Waals surface area contributed by atoms with Crippen LogP contribution in [0.3, 0.4) is 0 Å². The van der Waals surface area contributed by atoms with Crippen molar-refractivity contribution >= 4 is 0 Å². The van der Waals surface area contributed by atoms with Gasteiger partial charge in [-0.05, 0) is 42.5 Å². The van der Waals surface area contributed by atoms with Crippen molar-refractivity contribution in [2.45, 2.75) is 39.7 Å². The van der Waals surface area contributed by atoms with E-state index < -0.39 is 6.10 Å². The minimum atomic E-state index is -0.492. The minimum Gasteiger partial charge on any atom is -0.387 e. The number of hydrogen-bond acceptors (Lipinski definition) is 2. The highest BCUT2D eigenvalue weighted by atomic mass is 16.3. The summed E-state index contributed by atoms with van der Waals surface area (Å²) in [5, 5.41) is 10.2. The van der Waals surface area contributed by atoms with Gasteiger partial charge in [-0.1, -0.05) is 26.8 Å². The molecule has 0 bridgehead atoms. The number of aliphatic hydroxyl groups excluding tert-OH is 1. The molecule has 0 saturated carbocycles. The smallest absolute Gasteiger partial charge is 0.0960 e. The monoisotopic (exact) mass is 258 g/mol. The van der Waals surface area contributed by atoms with Gasteiger partial charge in [0.1, 0.15) is 0 Å². The van der Waals surface area contributed by atoms with Crippen LogP contribution >= 0.6 is 0 Å². The van der Waals surface area contributed by atoms with Gasteiger partial charge >= 0.3 is 0 Å². The second-order valence-electron chi connectivity index (χ2n) is 6.15. The number of nitrogens with zero attached hydrogens (tertiary/aromatic N) is 1. The molecule has 2 aromatic rings. The van der Waals surface area contributed by atoms with Crippen molar-refractivity contribution < 1.29 is 5.11 Å². The van der Waals surface area contributed by atoms with E-state index in [1.807, 2.05) is 36.5 Å². The highest BCUT2D eigenvalue weighted by Crippen LogP contribution is 2.27. The van der Waals surface area contributed by atoms with Gasteiger partial charge in [0, 0.05) is 6.20 Å². The first kappa shape index (κ1) is 13.8. The molecule has 0 fully saturated rings. The van der Waals surface area contributed by atoms with Crippen LogP contribution in [-0.4, -0.2) is 15.1 Å². The lowest BCUT2D eigenvalue weighted by Crippen LogP contribution is -2.09. The maximum absolute atomic E-state index is 10.2. The molecule has 102 valence electrons. The van der Waals surface area contributed by atoms with Crippen molar-refractivity contribution in [3.63, 3.8) is 0 Å². The van der Waals surface area contributed by atoms with Crippen LogP contribution < -0.4 is 0 Å². The Kier molecular flexibility index (Phi) is 4.05. The maximum atomic E-state index is 10.2. The number of aromatic amines is 1. The summed E-state index contributed by atoms with van der Waals surface area (Å²) in [4.78, 5) is 7.67. The molecular formula is C16H22N2O. The Bertz CT molecular complexity index is 512. The van der Waals surface area contributed by atoms with Crippen LogP contribution in [0, 0.1) is 5.41 Å². The van der Waals surface area contributed by atoms with Gasteiger partial charge in [0.25, 0.3) is 0 Å². The zero-order valence-electron chi connectivity index (χ0n) is 11.9. The number of H-pyrrole nitrogens is 1. The summed E-state index contributed by atoms with van der Waals surface area (Å²) in [6, 6.07) is 9.71. The Balaban J connectivity index is 2.10. The first-order chi connectivity index (χ1) is 8.96. The molecule has 0 saturated heterocycles. The van der Waals surface area contributed by atoms with E-state index in [4.69, 9.17) is 0 Å². The largest absolute Gasteiger partial charge is 0.387 e. The molecule has 0 aliphatic carbocycles. The molecule has 0 spiro atoms. The van der Waals surface area contributed by atoms with Crippen molar-refractivity contribution in [3.8, 4) is 11.4 Å². The average Bonchev–Trinajstić information content (AvgIpc) is 2.89. The van der Waals surface area contributed by atoms with Crippen LogP contribution in [0.15, 0.2) is 36.5 Å². The van der Waals surface area contributed by atoms with E-state index in [2.05, 4.69) is 30.7 Å². The molecule has 2 rings (SSSR count). The molecule has 0 unspecified atom stereocenters. The van der Waals surface area contributed by atoms with E-state index in [0.717, 1.165) is 29.9 Å². The summed E-state index contributed by atoms with van der Waals surface area (Å²) in [7, 11) is 0. The highest BCUT2D eigenvalue weighted by molar-refractivity contribution is 5.54. The van der Waals surface area contributed by atoms with Gasteiger partial charge in [-0.15, -0.1) is 0 Å². The van der Waals surface area contributed by atoms with E-state index in [9.17, 15) is 5.11 Å². The van der Waals surface area contributed by atoms with Gasteiger partial charge in [-0.3, -0.25) is 0 Å². The molecule has 2 heterocycles. The molecule has 0 aromatic carbocycles. The summed E-state index contributed by atoms with van der Waals surface area (Å²) < 4.78 is 0. The molecule has 3 nitrogen and oxygen atoms in total. The molecule has 3 heteroatoms. The summed E-state index contributed by atoms with van der Waals surface area (Å²) in [5.41, 5.74) is 2.83. The standard InChI is InChI=1S/C16H22N2O/c1-16(2,3)10-9-15(19)14-7-4-6-13(18-14)12-8-5-11-17-12/h4-8,11,15,17,19H,9-10H2,1-3H3/t15-/m0/s1. The predicted molar refractivity (Wildman–Crippen MR) is 77.7 cm³/mol. The average molecular weight is 258 g/mol. The van der Waals surface area contributed by atoms with Crippen LogP contribution in [0.25, 0.3) is 11.4 Å². The second-order valence-corrected chi connectivity index (χ2v) is 6.15. The predicted octanol–water partition coefficient (Wildman–Crippen LogP) is 3.94. The van der Waals surface area contributed by atoms with Crippen LogP contribution in [0.4, 0.5) is 0 Å². The highest BCUT2D eigenvalue weighted by Gasteiger charge is 2.16. The fourth-order valence-electron chi connectivity index (χ4n) is 1.99. The summed E-state index contributed by atoms with van der Waals surface area (Å²) >= 11 is 0. The molecule has 0 amide bonds. The van der Waals surface area contributed by atoms with Gasteiger partial charge in [-0.2, -0.15) is 0 Å². The minimum absolute atomic E-state index is 0.234. The zero-order chi connectivity index (χ0) is 13.9. The van der Waals surface area contributed by atoms with Gasteiger partial charge in [0.15, 0.2) is 0 Å². The molecule has 19 heavy (non-hydrogen) atoms. The molecule has 0 aliphatic rings. The number of aliphatic hydroxyl groups is 1. The van der Waals surface area contributed by atoms with Crippen molar-refractivity contribution in [2.24, 2.45) is 5.41 Å². The first-order valence-electron chi connectivity index (χ1n) is 6.74. The number of hydrogen-bond donors (Lipinski definition) is 2. The summed E-state index contributed by atoms with van der Waals surface area (Å²) in [5.74, 6) is 0. The summed E-state index contributed by atoms with van der Waals surface area (Å²) in [6.45, 7) is 6.55. The normalized spacial score (nSPS) is 13.5. The number of pyridine rings is 1. The Hall–Kier alpha value is -1.61. The SMILES string of the molecule is CC(C)(C)CC[C@H](O)c1cccc(-c2ccc[nH]2)n1. The van der Waals surface area contributed by atoms with Crippen molar-refractivity contribution in [1.29, 1.82) is 0 Å². The number of nitrogens with one attached hydrogen (secondary N) is 1. The fraction of sp³-hybridized carbons (Fsp3) is 0.438. The van der Waals surface area contributed by atoms with Crippen LogP contribution in [0.2, 0.25) is 0 Å². The van der Waals surface area contributed by atoms with Gasteiger partial charge in [-0.25, -0.2) is 4.98 Å². The van der Waals surface area contributed by atoms with Crippen molar-refractivity contribution in [3.05, 3.63) is 42.2 Å². The first-order valence-corrected chi connectivity index (χ1v) is 6.74. The van der Waals surface area contributed by atoms with Crippen LogP contribution in [0.1, 0.15) is 45.4 Å². The molecule has 1 atom stereocenters. The lowest BCUT2D eigenvalue weighted by atomic mass is 9.89. The third kappa shape index (κ3) is 3.93. The Morgan fingerprint density at radius 2 is 2.00 bits per heavy atom. The molecule has 0 radical (unpaired) electrons. The quantitative estimate of drug-likeness (QED) is 0.872. The second kappa shape index (κ2) is 5.57. The van der Waals surface area contributed by atoms with E-state index in [-0.39, 0.29) is 5.41 Å². The van der Waals surface area contributed by atoms with Crippen LogP contribution in [-0.2, 0) is 0 Å². The van der Waals surface area contributed by atoms with Crippen molar-refractivity contribution in [1.82, 2.24) is 9.97 Å².